The van der Waals surface area contributed by atoms with Crippen LogP contribution in [0.15, 0.2) is 11.5 Å². The highest BCUT2D eigenvalue weighted by Gasteiger charge is 2.45. The Morgan fingerprint density at radius 2 is 1.94 bits per heavy atom. The minimum atomic E-state index is -3.39. The second kappa shape index (κ2) is 4.98. The molecule has 0 aliphatic carbocycles. The molecule has 0 spiro atoms. The predicted octanol–water partition coefficient (Wildman–Crippen LogP) is 1.66. The summed E-state index contributed by atoms with van der Waals surface area (Å²) in [4.78, 5) is 0. The van der Waals surface area contributed by atoms with Crippen molar-refractivity contribution in [2.45, 2.75) is 39.7 Å². The van der Waals surface area contributed by atoms with Gasteiger partial charge < -0.3 is 19.3 Å². The third-order valence-electron chi connectivity index (χ3n) is 2.55. The second-order valence-electron chi connectivity index (χ2n) is 4.34. The van der Waals surface area contributed by atoms with Gasteiger partial charge in [-0.25, -0.2) is 4.57 Å². The Bertz CT molecular complexity index is 317. The Morgan fingerprint density at radius 3 is 2.25 bits per heavy atom. The highest BCUT2D eigenvalue weighted by atomic mass is 31.2. The number of hydrogen-bond acceptors (Lipinski definition) is 4. The number of hydrogen-bond donors (Lipinski definition) is 1. The van der Waals surface area contributed by atoms with Gasteiger partial charge in [0.2, 0.25) is 5.44 Å². The van der Waals surface area contributed by atoms with Crippen LogP contribution in [0.2, 0.25) is 0 Å². The van der Waals surface area contributed by atoms with Gasteiger partial charge in [-0.15, -0.1) is 0 Å². The molecule has 0 saturated carbocycles. The minimum Gasteiger partial charge on any atom is -0.628 e. The summed E-state index contributed by atoms with van der Waals surface area (Å²) in [5.74, 6) is 0. The van der Waals surface area contributed by atoms with Crippen molar-refractivity contribution < 1.29 is 18.7 Å². The Balaban J connectivity index is 2.94. The highest BCUT2D eigenvalue weighted by Crippen LogP contribution is 2.54. The molecule has 0 radical (unpaired) electrons. The van der Waals surface area contributed by atoms with Crippen LogP contribution in [0.3, 0.4) is 0 Å². The molecule has 94 valence electrons. The van der Waals surface area contributed by atoms with Gasteiger partial charge in [0.15, 0.2) is 0 Å². The molecule has 6 heteroatoms. The van der Waals surface area contributed by atoms with E-state index in [4.69, 9.17) is 9.05 Å². The highest BCUT2D eigenvalue weighted by molar-refractivity contribution is 7.58. The molecular formula is C10H20NO4P. The topological polar surface area (TPSA) is 63.0 Å². The molecule has 1 atom stereocenters. The molecular weight excluding hydrogens is 229 g/mol. The van der Waals surface area contributed by atoms with Crippen molar-refractivity contribution >= 4 is 7.60 Å². The first-order valence-corrected chi connectivity index (χ1v) is 7.06. The van der Waals surface area contributed by atoms with E-state index in [1.807, 2.05) is 13.8 Å². The average Bonchev–Trinajstić information content (AvgIpc) is 2.43. The molecule has 1 rings (SSSR count). The van der Waals surface area contributed by atoms with Crippen molar-refractivity contribution in [3.05, 3.63) is 16.7 Å². The standard InChI is InChI=1S/C10H20NO4P/c1-5-14-16(13,15-6-2)9-7-8-10(3,4)11(9)12/h7,11H,5-6,8H2,1-4H3. The number of rotatable bonds is 5. The second-order valence-corrected chi connectivity index (χ2v) is 6.33. The Hall–Kier alpha value is -0.190. The predicted molar refractivity (Wildman–Crippen MR) is 62.0 cm³/mol. The first-order valence-electron chi connectivity index (χ1n) is 5.52. The lowest BCUT2D eigenvalue weighted by Gasteiger charge is -2.34. The molecule has 1 aliphatic heterocycles. The fourth-order valence-electron chi connectivity index (χ4n) is 1.64. The summed E-state index contributed by atoms with van der Waals surface area (Å²) in [5.41, 5.74) is -0.264. The lowest BCUT2D eigenvalue weighted by molar-refractivity contribution is -0.848. The lowest BCUT2D eigenvalue weighted by atomic mass is 10.0. The maximum Gasteiger partial charge on any atom is 0.413 e. The molecule has 0 aromatic carbocycles. The van der Waals surface area contributed by atoms with E-state index in [0.29, 0.717) is 6.42 Å². The molecule has 5 nitrogen and oxygen atoms in total. The van der Waals surface area contributed by atoms with E-state index in [0.717, 1.165) is 0 Å². The van der Waals surface area contributed by atoms with Gasteiger partial charge in [0.05, 0.1) is 13.2 Å². The quantitative estimate of drug-likeness (QED) is 0.594. The third kappa shape index (κ3) is 2.55. The van der Waals surface area contributed by atoms with Crippen LogP contribution in [0.25, 0.3) is 0 Å². The van der Waals surface area contributed by atoms with E-state index in [1.165, 1.54) is 0 Å². The first-order chi connectivity index (χ1) is 7.37. The molecule has 0 aromatic rings. The van der Waals surface area contributed by atoms with Crippen molar-refractivity contribution in [3.63, 3.8) is 0 Å². The Labute approximate surface area is 96.5 Å². The fraction of sp³-hybridized carbons (Fsp3) is 0.800. The molecule has 0 aromatic heterocycles. The van der Waals surface area contributed by atoms with Crippen molar-refractivity contribution in [1.29, 1.82) is 0 Å². The third-order valence-corrected chi connectivity index (χ3v) is 4.72. The van der Waals surface area contributed by atoms with E-state index in [-0.39, 0.29) is 23.7 Å². The zero-order valence-electron chi connectivity index (χ0n) is 10.3. The van der Waals surface area contributed by atoms with E-state index >= 15 is 0 Å². The van der Waals surface area contributed by atoms with Gasteiger partial charge in [-0.05, 0) is 33.8 Å². The van der Waals surface area contributed by atoms with Crippen molar-refractivity contribution in [2.24, 2.45) is 0 Å². The Kier molecular flexibility index (Phi) is 4.32. The minimum absolute atomic E-state index is 0.127. The van der Waals surface area contributed by atoms with Crippen LogP contribution in [-0.4, -0.2) is 18.8 Å². The molecule has 0 fully saturated rings. The number of hydroxylamine groups is 2. The summed E-state index contributed by atoms with van der Waals surface area (Å²) >= 11 is 0. The largest absolute Gasteiger partial charge is 0.628 e. The van der Waals surface area contributed by atoms with Crippen LogP contribution in [0, 0.1) is 5.21 Å². The van der Waals surface area contributed by atoms with Gasteiger partial charge in [-0.1, -0.05) is 0 Å². The van der Waals surface area contributed by atoms with E-state index in [2.05, 4.69) is 0 Å². The molecule has 0 saturated heterocycles. The molecule has 1 unspecified atom stereocenters. The van der Waals surface area contributed by atoms with E-state index in [1.54, 1.807) is 19.9 Å². The maximum absolute atomic E-state index is 12.4. The van der Waals surface area contributed by atoms with Crippen LogP contribution in [0.1, 0.15) is 34.1 Å². The van der Waals surface area contributed by atoms with E-state index < -0.39 is 13.1 Å². The van der Waals surface area contributed by atoms with Crippen LogP contribution in [-0.2, 0) is 13.6 Å². The molecule has 0 bridgehead atoms. The Morgan fingerprint density at radius 1 is 1.44 bits per heavy atom. The van der Waals surface area contributed by atoms with Gasteiger partial charge in [0.1, 0.15) is 5.54 Å². The van der Waals surface area contributed by atoms with Crippen LogP contribution in [0.5, 0.6) is 0 Å². The molecule has 1 heterocycles. The van der Waals surface area contributed by atoms with Crippen molar-refractivity contribution in [3.8, 4) is 0 Å². The average molecular weight is 249 g/mol. The zero-order chi connectivity index (χ0) is 12.4. The van der Waals surface area contributed by atoms with Crippen LogP contribution >= 0.6 is 7.60 Å². The molecule has 16 heavy (non-hydrogen) atoms. The summed E-state index contributed by atoms with van der Waals surface area (Å²) in [6.45, 7) is 7.67. The maximum atomic E-state index is 12.4. The normalized spacial score (nSPS) is 24.6. The van der Waals surface area contributed by atoms with Gasteiger partial charge in [-0.2, -0.15) is 0 Å². The van der Waals surface area contributed by atoms with Crippen molar-refractivity contribution in [1.82, 2.24) is 0 Å². The van der Waals surface area contributed by atoms with Gasteiger partial charge in [0, 0.05) is 6.42 Å². The zero-order valence-corrected chi connectivity index (χ0v) is 11.2. The summed E-state index contributed by atoms with van der Waals surface area (Å²) in [6, 6.07) is 0. The first kappa shape index (κ1) is 13.9. The summed E-state index contributed by atoms with van der Waals surface area (Å²) in [6.07, 6.45) is 2.28. The molecule has 1 aliphatic rings. The number of nitrogens with one attached hydrogen (secondary N) is 1. The van der Waals surface area contributed by atoms with Crippen molar-refractivity contribution in [2.75, 3.05) is 13.2 Å². The summed E-state index contributed by atoms with van der Waals surface area (Å²) in [7, 11) is -3.39. The van der Waals surface area contributed by atoms with E-state index in [9.17, 15) is 9.77 Å². The lowest BCUT2D eigenvalue weighted by Crippen LogP contribution is -3.11. The fourth-order valence-corrected chi connectivity index (χ4v) is 3.54. The summed E-state index contributed by atoms with van der Waals surface area (Å²) < 4.78 is 22.7. The van der Waals surface area contributed by atoms with Crippen LogP contribution in [0.4, 0.5) is 0 Å². The smallest absolute Gasteiger partial charge is 0.413 e. The molecule has 0 amide bonds. The molecule has 1 N–H and O–H groups in total. The van der Waals surface area contributed by atoms with Gasteiger partial charge in [0.25, 0.3) is 0 Å². The van der Waals surface area contributed by atoms with Gasteiger partial charge >= 0.3 is 7.60 Å². The van der Waals surface area contributed by atoms with Gasteiger partial charge in [-0.3, -0.25) is 0 Å². The SMILES string of the molecule is CCOP(=O)(OCC)C1=CCC(C)(C)[NH+]1[O-]. The summed E-state index contributed by atoms with van der Waals surface area (Å²) in [5, 5.41) is 11.9. The monoisotopic (exact) mass is 249 g/mol. The van der Waals surface area contributed by atoms with Crippen LogP contribution < -0.4 is 5.06 Å². The number of quaternary nitrogens is 1.